The maximum Gasteiger partial charge on any atom is 0.418 e. The van der Waals surface area contributed by atoms with E-state index in [0.29, 0.717) is 11.6 Å². The molecule has 2 aromatic carbocycles. The predicted molar refractivity (Wildman–Crippen MR) is 86.2 cm³/mol. The first kappa shape index (κ1) is 18.6. The molecule has 0 bridgehead atoms. The van der Waals surface area contributed by atoms with E-state index in [1.54, 1.807) is 18.2 Å². The molecule has 0 saturated heterocycles. The average molecular weight is 387 g/mol. The second-order valence-electron chi connectivity index (χ2n) is 5.67. The number of carbonyl (C=O) groups excluding carboxylic acids is 1. The molecule has 0 aromatic heterocycles. The van der Waals surface area contributed by atoms with Crippen molar-refractivity contribution in [2.45, 2.75) is 12.4 Å². The number of fused-ring (bicyclic) bond motifs is 1. The van der Waals surface area contributed by atoms with Crippen LogP contribution >= 0.6 is 0 Å². The van der Waals surface area contributed by atoms with Crippen LogP contribution in [-0.2, 0) is 17.1 Å². The summed E-state index contributed by atoms with van der Waals surface area (Å²) in [6.45, 7) is 0. The molecule has 0 unspecified atom stereocenters. The number of halogens is 6. The molecule has 0 fully saturated rings. The second kappa shape index (κ2) is 6.22. The standard InChI is InChI=1S/C17H11F6N3O/c18-16(19,20)9-6-10(17(21,22)23)13-11(7-9)25-14(15(24)27)12(26-13)8-4-2-1-3-5-8/h1-7,25-26H,(H2,24,27). The van der Waals surface area contributed by atoms with Crippen molar-refractivity contribution in [3.63, 3.8) is 0 Å². The van der Waals surface area contributed by atoms with Crippen molar-refractivity contribution in [1.29, 1.82) is 0 Å². The first-order valence-corrected chi connectivity index (χ1v) is 7.44. The lowest BCUT2D eigenvalue weighted by Gasteiger charge is -2.28. The van der Waals surface area contributed by atoms with Crippen LogP contribution in [0, 0.1) is 0 Å². The van der Waals surface area contributed by atoms with Gasteiger partial charge in [0, 0.05) is 5.56 Å². The van der Waals surface area contributed by atoms with Crippen molar-refractivity contribution >= 4 is 23.0 Å². The van der Waals surface area contributed by atoms with E-state index in [1.807, 2.05) is 0 Å². The van der Waals surface area contributed by atoms with Gasteiger partial charge in [-0.25, -0.2) is 0 Å². The zero-order valence-electron chi connectivity index (χ0n) is 13.3. The number of hydrogen-bond acceptors (Lipinski definition) is 3. The molecule has 0 spiro atoms. The van der Waals surface area contributed by atoms with Gasteiger partial charge in [0.2, 0.25) is 0 Å². The number of rotatable bonds is 2. The van der Waals surface area contributed by atoms with Gasteiger partial charge in [0.05, 0.1) is 28.2 Å². The Hall–Kier alpha value is -3.17. The van der Waals surface area contributed by atoms with Crippen LogP contribution in [0.4, 0.5) is 37.7 Å². The fourth-order valence-corrected chi connectivity index (χ4v) is 2.65. The Kier molecular flexibility index (Phi) is 4.29. The molecule has 3 rings (SSSR count). The highest BCUT2D eigenvalue weighted by Gasteiger charge is 2.41. The third kappa shape index (κ3) is 3.55. The molecule has 2 aromatic rings. The summed E-state index contributed by atoms with van der Waals surface area (Å²) >= 11 is 0. The lowest BCUT2D eigenvalue weighted by Crippen LogP contribution is -2.28. The van der Waals surface area contributed by atoms with Crippen LogP contribution in [0.2, 0.25) is 0 Å². The van der Waals surface area contributed by atoms with Crippen LogP contribution in [0.5, 0.6) is 0 Å². The van der Waals surface area contributed by atoms with E-state index in [0.717, 1.165) is 0 Å². The number of hydrogen-bond donors (Lipinski definition) is 3. The van der Waals surface area contributed by atoms with Gasteiger partial charge in [-0.15, -0.1) is 0 Å². The summed E-state index contributed by atoms with van der Waals surface area (Å²) in [6, 6.07) is 8.33. The van der Waals surface area contributed by atoms with Crippen molar-refractivity contribution in [2.75, 3.05) is 10.6 Å². The summed E-state index contributed by atoms with van der Waals surface area (Å²) in [4.78, 5) is 11.7. The van der Waals surface area contributed by atoms with E-state index in [-0.39, 0.29) is 17.5 Å². The van der Waals surface area contributed by atoms with E-state index in [1.165, 1.54) is 12.1 Å². The fourth-order valence-electron chi connectivity index (χ4n) is 2.65. The normalized spacial score (nSPS) is 14.3. The molecule has 0 atom stereocenters. The van der Waals surface area contributed by atoms with E-state index in [2.05, 4.69) is 10.6 Å². The van der Waals surface area contributed by atoms with Crippen LogP contribution in [0.1, 0.15) is 16.7 Å². The highest BCUT2D eigenvalue weighted by molar-refractivity contribution is 6.08. The highest BCUT2D eigenvalue weighted by Crippen LogP contribution is 2.46. The number of nitrogens with one attached hydrogen (secondary N) is 2. The molecular formula is C17H11F6N3O. The van der Waals surface area contributed by atoms with Crippen LogP contribution in [0.15, 0.2) is 48.2 Å². The monoisotopic (exact) mass is 387 g/mol. The molecule has 0 saturated carbocycles. The number of carbonyl (C=O) groups is 1. The molecule has 4 nitrogen and oxygen atoms in total. The Morgan fingerprint density at radius 3 is 2.04 bits per heavy atom. The van der Waals surface area contributed by atoms with Gasteiger partial charge in [-0.05, 0) is 12.1 Å². The lowest BCUT2D eigenvalue weighted by molar-refractivity contribution is -0.142. The Morgan fingerprint density at radius 1 is 0.889 bits per heavy atom. The summed E-state index contributed by atoms with van der Waals surface area (Å²) in [5, 5.41) is 4.74. The van der Waals surface area contributed by atoms with E-state index in [9.17, 15) is 31.1 Å². The molecule has 1 amide bonds. The Bertz CT molecular complexity index is 932. The Morgan fingerprint density at radius 2 is 1.52 bits per heavy atom. The van der Waals surface area contributed by atoms with E-state index < -0.39 is 40.8 Å². The van der Waals surface area contributed by atoms with Gasteiger partial charge >= 0.3 is 12.4 Å². The minimum atomic E-state index is -5.06. The van der Waals surface area contributed by atoms with Crippen molar-refractivity contribution < 1.29 is 31.1 Å². The SMILES string of the molecule is NC(=O)C1=C(c2ccccc2)Nc2c(cc(C(F)(F)F)cc2C(F)(F)F)N1. The first-order chi connectivity index (χ1) is 12.5. The maximum absolute atomic E-state index is 13.4. The largest absolute Gasteiger partial charge is 0.418 e. The smallest absolute Gasteiger partial charge is 0.364 e. The zero-order chi connectivity index (χ0) is 20.0. The van der Waals surface area contributed by atoms with Gasteiger partial charge < -0.3 is 16.4 Å². The van der Waals surface area contributed by atoms with Crippen LogP contribution in [0.25, 0.3) is 5.70 Å². The fraction of sp³-hybridized carbons (Fsp3) is 0.118. The van der Waals surface area contributed by atoms with Crippen molar-refractivity contribution in [1.82, 2.24) is 0 Å². The molecular weight excluding hydrogens is 376 g/mol. The molecule has 27 heavy (non-hydrogen) atoms. The molecule has 1 aliphatic rings. The third-order valence-corrected chi connectivity index (χ3v) is 3.84. The minimum absolute atomic E-state index is 0.0192. The maximum atomic E-state index is 13.4. The zero-order valence-corrected chi connectivity index (χ0v) is 13.3. The Balaban J connectivity index is 2.24. The minimum Gasteiger partial charge on any atom is -0.364 e. The van der Waals surface area contributed by atoms with Crippen LogP contribution in [-0.4, -0.2) is 5.91 Å². The van der Waals surface area contributed by atoms with Crippen molar-refractivity contribution in [3.05, 3.63) is 64.9 Å². The molecule has 10 heteroatoms. The molecule has 1 heterocycles. The summed E-state index contributed by atoms with van der Waals surface area (Å²) < 4.78 is 79.2. The number of anilines is 2. The van der Waals surface area contributed by atoms with Crippen molar-refractivity contribution in [3.8, 4) is 0 Å². The summed E-state index contributed by atoms with van der Waals surface area (Å²) in [5.74, 6) is -1.04. The van der Waals surface area contributed by atoms with Gasteiger partial charge in [-0.1, -0.05) is 30.3 Å². The number of primary amides is 1. The summed E-state index contributed by atoms with van der Waals surface area (Å²) in [5.41, 5.74) is 0.975. The quantitative estimate of drug-likeness (QED) is 0.669. The first-order valence-electron chi connectivity index (χ1n) is 7.44. The summed E-state index contributed by atoms with van der Waals surface area (Å²) in [6.07, 6.45) is -10.1. The van der Waals surface area contributed by atoms with Gasteiger partial charge in [-0.3, -0.25) is 4.79 Å². The highest BCUT2D eigenvalue weighted by atomic mass is 19.4. The lowest BCUT2D eigenvalue weighted by atomic mass is 10.0. The van der Waals surface area contributed by atoms with Gasteiger partial charge in [0.1, 0.15) is 5.70 Å². The summed E-state index contributed by atoms with van der Waals surface area (Å²) in [7, 11) is 0. The molecule has 142 valence electrons. The molecule has 0 aliphatic carbocycles. The predicted octanol–water partition coefficient (Wildman–Crippen LogP) is 4.42. The molecule has 4 N–H and O–H groups in total. The topological polar surface area (TPSA) is 67.2 Å². The Labute approximate surface area is 148 Å². The molecule has 0 radical (unpaired) electrons. The third-order valence-electron chi connectivity index (χ3n) is 3.84. The van der Waals surface area contributed by atoms with Gasteiger partial charge in [0.25, 0.3) is 5.91 Å². The molecule has 1 aliphatic heterocycles. The van der Waals surface area contributed by atoms with E-state index >= 15 is 0 Å². The number of nitrogens with two attached hydrogens (primary N) is 1. The van der Waals surface area contributed by atoms with Crippen LogP contribution in [0.3, 0.4) is 0 Å². The second-order valence-corrected chi connectivity index (χ2v) is 5.67. The van der Waals surface area contributed by atoms with Gasteiger partial charge in [-0.2, -0.15) is 26.3 Å². The number of benzene rings is 2. The number of alkyl halides is 6. The van der Waals surface area contributed by atoms with Crippen LogP contribution < -0.4 is 16.4 Å². The van der Waals surface area contributed by atoms with Gasteiger partial charge in [0.15, 0.2) is 0 Å². The van der Waals surface area contributed by atoms with E-state index in [4.69, 9.17) is 5.73 Å². The number of amides is 1. The average Bonchev–Trinajstić information content (AvgIpc) is 2.58. The van der Waals surface area contributed by atoms with Crippen molar-refractivity contribution in [2.24, 2.45) is 5.73 Å².